The molecule has 3 saturated heterocycles. The van der Waals surface area contributed by atoms with E-state index in [2.05, 4.69) is 26.0 Å². The first kappa shape index (κ1) is 53.0. The number of hydrogen-bond acceptors (Lipinski definition) is 14. The zero-order valence-electron chi connectivity index (χ0n) is 42.4. The third-order valence-electron chi connectivity index (χ3n) is 18.1. The number of carbonyl (C=O) groups is 3. The minimum Gasteiger partial charge on any atom is -0.511 e. The Morgan fingerprint density at radius 3 is 2.07 bits per heavy atom. The second-order valence-corrected chi connectivity index (χ2v) is 22.5. The van der Waals surface area contributed by atoms with Crippen molar-refractivity contribution in [3.63, 3.8) is 0 Å². The van der Waals surface area contributed by atoms with Crippen molar-refractivity contribution in [2.75, 3.05) is 6.61 Å². The standard InChI is InChI=1S/C54H82O14/c1-12-35-19-34(25-55)17-28(5)47(66-42-22-40(59)48(33(10)65-42)67-41-21-39(58)46(60)32(9)64-41)26(3)15-14-16-52(11)23-29(6)30(7)24-54(52)50(62)43(51(63)68-54)49(61)53(13-2)44(35)27(4)18-36-38(57)20-37(56)31(8)45(36)53/h18-19,23,26,28,30-34,36,38-42,44-48,55,57-61H,12-17,20-22,24-25H2,1-11H3/t26-,28-,30-,31+,32-,33-,34-,36-,38+,39+,40+,41+,42+,44+,45-,46-,47-,48-,52-,53-,54-/m1/s1. The maximum absolute atomic E-state index is 15.6. The Bertz CT molecular complexity index is 2000. The van der Waals surface area contributed by atoms with E-state index in [1.807, 2.05) is 54.5 Å². The minimum atomic E-state index is -1.60. The lowest BCUT2D eigenvalue weighted by molar-refractivity contribution is -0.319. The maximum Gasteiger partial charge on any atom is 0.346 e. The van der Waals surface area contributed by atoms with Gasteiger partial charge in [-0.05, 0) is 83.5 Å². The van der Waals surface area contributed by atoms with Crippen LogP contribution in [0.5, 0.6) is 0 Å². The first-order valence-electron chi connectivity index (χ1n) is 25.8. The molecule has 14 nitrogen and oxygen atoms in total. The molecule has 3 aliphatic heterocycles. The van der Waals surface area contributed by atoms with E-state index in [0.717, 1.165) is 16.7 Å². The molecule has 21 atom stereocenters. The molecule has 0 aromatic carbocycles. The summed E-state index contributed by atoms with van der Waals surface area (Å²) in [7, 11) is 0. The predicted octanol–water partition coefficient (Wildman–Crippen LogP) is 6.74. The first-order valence-corrected chi connectivity index (χ1v) is 25.8. The molecule has 1 spiro atoms. The van der Waals surface area contributed by atoms with Gasteiger partial charge in [-0.3, -0.25) is 9.59 Å². The lowest BCUT2D eigenvalue weighted by Crippen LogP contribution is -2.57. The van der Waals surface area contributed by atoms with Crippen LogP contribution in [0.3, 0.4) is 0 Å². The summed E-state index contributed by atoms with van der Waals surface area (Å²) in [6.07, 6.45) is 1.28. The van der Waals surface area contributed by atoms with Gasteiger partial charge in [-0.2, -0.15) is 0 Å². The summed E-state index contributed by atoms with van der Waals surface area (Å²) in [5.74, 6) is -5.08. The molecule has 4 aliphatic carbocycles. The van der Waals surface area contributed by atoms with Crippen molar-refractivity contribution in [3.8, 4) is 0 Å². The van der Waals surface area contributed by atoms with Crippen molar-refractivity contribution in [2.24, 2.45) is 58.2 Å². The highest BCUT2D eigenvalue weighted by atomic mass is 16.7. The third kappa shape index (κ3) is 9.18. The number of allylic oxidation sites excluding steroid dienone is 4. The Morgan fingerprint density at radius 2 is 1.46 bits per heavy atom. The fourth-order valence-electron chi connectivity index (χ4n) is 14.3. The Kier molecular flexibility index (Phi) is 15.9. The van der Waals surface area contributed by atoms with Gasteiger partial charge in [-0.1, -0.05) is 89.8 Å². The normalized spacial score (nSPS) is 47.5. The molecule has 3 heterocycles. The summed E-state index contributed by atoms with van der Waals surface area (Å²) in [6, 6.07) is 0. The van der Waals surface area contributed by atoms with Gasteiger partial charge in [-0.25, -0.2) is 4.79 Å². The van der Waals surface area contributed by atoms with E-state index in [-0.39, 0.29) is 79.5 Å². The van der Waals surface area contributed by atoms with E-state index < -0.39 is 113 Å². The Balaban J connectivity index is 1.31. The molecule has 7 aliphatic rings. The van der Waals surface area contributed by atoms with E-state index >= 15 is 4.79 Å². The molecule has 6 N–H and O–H groups in total. The van der Waals surface area contributed by atoms with Crippen LogP contribution in [0.1, 0.15) is 140 Å². The van der Waals surface area contributed by atoms with Crippen LogP contribution in [0, 0.1) is 58.2 Å². The third-order valence-corrected chi connectivity index (χ3v) is 18.1. The molecule has 0 aromatic rings. The van der Waals surface area contributed by atoms with Crippen LogP contribution >= 0.6 is 0 Å². The number of fused-ring (bicyclic) bond motifs is 4. The molecule has 0 amide bonds. The number of ketones is 2. The monoisotopic (exact) mass is 955 g/mol. The average molecular weight is 955 g/mol. The minimum absolute atomic E-state index is 0.0355. The second-order valence-electron chi connectivity index (χ2n) is 22.5. The number of aliphatic hydroxyl groups excluding tert-OH is 6. The molecule has 0 unspecified atom stereocenters. The second kappa shape index (κ2) is 20.4. The van der Waals surface area contributed by atoms with Crippen molar-refractivity contribution in [1.82, 2.24) is 0 Å². The number of hydrogen-bond donors (Lipinski definition) is 6. The van der Waals surface area contributed by atoms with E-state index in [4.69, 9.17) is 23.7 Å². The van der Waals surface area contributed by atoms with Gasteiger partial charge in [0.05, 0.1) is 36.6 Å². The van der Waals surface area contributed by atoms with Crippen LogP contribution in [-0.4, -0.2) is 122 Å². The van der Waals surface area contributed by atoms with Gasteiger partial charge in [0, 0.05) is 66.8 Å². The predicted molar refractivity (Wildman–Crippen MR) is 252 cm³/mol. The number of aliphatic hydroxyl groups is 6. The van der Waals surface area contributed by atoms with Crippen LogP contribution in [0.2, 0.25) is 0 Å². The quantitative estimate of drug-likeness (QED) is 0.0885. The summed E-state index contributed by atoms with van der Waals surface area (Å²) in [5.41, 5.74) is -1.48. The molecular formula is C54H82O14. The average Bonchev–Trinajstić information content (AvgIpc) is 3.53. The lowest BCUT2D eigenvalue weighted by Gasteiger charge is -2.56. The Morgan fingerprint density at radius 1 is 0.809 bits per heavy atom. The number of ether oxygens (including phenoxy) is 5. The Hall–Kier alpha value is -2.79. The fourth-order valence-corrected chi connectivity index (χ4v) is 14.3. The number of esters is 1. The van der Waals surface area contributed by atoms with Gasteiger partial charge in [0.25, 0.3) is 0 Å². The van der Waals surface area contributed by atoms with Gasteiger partial charge in [-0.15, -0.1) is 0 Å². The number of Topliss-reactive ketones (excluding diaryl/α,β-unsaturated/α-hetero) is 2. The summed E-state index contributed by atoms with van der Waals surface area (Å²) in [6.45, 7) is 21.2. The van der Waals surface area contributed by atoms with E-state index in [0.29, 0.717) is 32.1 Å². The summed E-state index contributed by atoms with van der Waals surface area (Å²) >= 11 is 0. The molecule has 1 saturated carbocycles. The highest BCUT2D eigenvalue weighted by Crippen LogP contribution is 2.63. The fraction of sp³-hybridized carbons (Fsp3) is 0.796. The highest BCUT2D eigenvalue weighted by molar-refractivity contribution is 6.26. The zero-order chi connectivity index (χ0) is 49.9. The van der Waals surface area contributed by atoms with Gasteiger partial charge in [0.2, 0.25) is 5.78 Å². The summed E-state index contributed by atoms with van der Waals surface area (Å²) in [4.78, 5) is 44.1. The number of rotatable bonds is 7. The summed E-state index contributed by atoms with van der Waals surface area (Å²) in [5, 5.41) is 68.2. The van der Waals surface area contributed by atoms with Gasteiger partial charge < -0.3 is 54.3 Å². The van der Waals surface area contributed by atoms with Crippen molar-refractivity contribution in [1.29, 1.82) is 0 Å². The molecule has 2 bridgehead atoms. The van der Waals surface area contributed by atoms with Gasteiger partial charge in [0.15, 0.2) is 18.2 Å². The summed E-state index contributed by atoms with van der Waals surface area (Å²) < 4.78 is 31.9. The molecule has 0 radical (unpaired) electrons. The van der Waals surface area contributed by atoms with Crippen molar-refractivity contribution < 1.29 is 68.7 Å². The first-order chi connectivity index (χ1) is 32.0. The van der Waals surface area contributed by atoms with Crippen molar-refractivity contribution >= 4 is 17.5 Å². The zero-order valence-corrected chi connectivity index (χ0v) is 42.4. The van der Waals surface area contributed by atoms with E-state index in [1.54, 1.807) is 13.8 Å². The molecule has 68 heavy (non-hydrogen) atoms. The van der Waals surface area contributed by atoms with Crippen LogP contribution in [0.25, 0.3) is 0 Å². The van der Waals surface area contributed by atoms with Crippen LogP contribution < -0.4 is 0 Å². The van der Waals surface area contributed by atoms with Crippen LogP contribution in [0.15, 0.2) is 46.3 Å². The smallest absolute Gasteiger partial charge is 0.346 e. The number of carbonyl (C=O) groups excluding carboxylic acids is 3. The Labute approximate surface area is 403 Å². The van der Waals surface area contributed by atoms with Crippen LogP contribution in [0.4, 0.5) is 0 Å². The molecule has 4 fully saturated rings. The van der Waals surface area contributed by atoms with Gasteiger partial charge >= 0.3 is 5.97 Å². The lowest BCUT2D eigenvalue weighted by atomic mass is 9.47. The molecular weight excluding hydrogens is 873 g/mol. The SMILES string of the molecule is CCC1=C[C@H](CO)C[C@@H](C)[C@H](O[C@H]2C[C@H](O)[C@H](O[C@H]3C[C@H](O)[C@H](O)[C@@H](C)O3)[C@@H](C)O2)[C@H](C)CCC[C@]2(C)C=C(C)[C@H](C)C[C@]23OC(=O)C(=C(O)[C@]2(CC)[C@H]1C(C)=C[C@H]1[C@H]2[C@@H](C)C(=O)C[C@@H]1O)C3=O. The largest absolute Gasteiger partial charge is 0.511 e. The molecule has 0 aromatic heterocycles. The maximum atomic E-state index is 15.6. The highest BCUT2D eigenvalue weighted by Gasteiger charge is 2.67. The van der Waals surface area contributed by atoms with E-state index in [9.17, 15) is 40.2 Å². The topological polar surface area (TPSA) is 219 Å². The molecule has 7 rings (SSSR count). The van der Waals surface area contributed by atoms with Crippen molar-refractivity contribution in [2.45, 2.75) is 207 Å². The van der Waals surface area contributed by atoms with Gasteiger partial charge in [0.1, 0.15) is 29.3 Å². The van der Waals surface area contributed by atoms with Crippen LogP contribution in [-0.2, 0) is 38.1 Å². The van der Waals surface area contributed by atoms with E-state index in [1.165, 1.54) is 0 Å². The van der Waals surface area contributed by atoms with Crippen molar-refractivity contribution in [3.05, 3.63) is 46.3 Å². The molecule has 14 heteroatoms. The molecule has 382 valence electrons.